The van der Waals surface area contributed by atoms with Crippen LogP contribution in [-0.4, -0.2) is 62.2 Å². The van der Waals surface area contributed by atoms with Crippen LogP contribution in [0.5, 0.6) is 0 Å². The molecule has 0 aliphatic heterocycles. The van der Waals surface area contributed by atoms with Crippen LogP contribution in [0.4, 0.5) is 0 Å². The van der Waals surface area contributed by atoms with E-state index in [1.807, 2.05) is 0 Å². The van der Waals surface area contributed by atoms with Gasteiger partial charge in [0.25, 0.3) is 0 Å². The predicted molar refractivity (Wildman–Crippen MR) is 89.3 cm³/mol. The highest BCUT2D eigenvalue weighted by molar-refractivity contribution is 4.84. The molecular formula is C17H37N3. The van der Waals surface area contributed by atoms with E-state index in [2.05, 4.69) is 50.0 Å². The Morgan fingerprint density at radius 1 is 1.10 bits per heavy atom. The molecule has 1 N–H and O–H groups in total. The first-order chi connectivity index (χ1) is 9.58. The average Bonchev–Trinajstić information content (AvgIpc) is 2.92. The first-order valence-electron chi connectivity index (χ1n) is 8.70. The minimum Gasteiger partial charge on any atom is -0.312 e. The van der Waals surface area contributed by atoms with Gasteiger partial charge in [-0.3, -0.25) is 4.90 Å². The lowest BCUT2D eigenvalue weighted by atomic mass is 9.97. The van der Waals surface area contributed by atoms with Crippen LogP contribution in [0.3, 0.4) is 0 Å². The second-order valence-electron chi connectivity index (χ2n) is 6.80. The van der Waals surface area contributed by atoms with Crippen LogP contribution < -0.4 is 5.32 Å². The van der Waals surface area contributed by atoms with Crippen molar-refractivity contribution in [3.05, 3.63) is 0 Å². The minimum atomic E-state index is 0.641. The molecule has 3 heteroatoms. The first kappa shape index (κ1) is 17.9. The second kappa shape index (κ2) is 9.75. The maximum atomic E-state index is 3.83. The SMILES string of the molecule is CCCNC(CN(CC)C(C)CN(C)C)C1CCCC1. The summed E-state index contributed by atoms with van der Waals surface area (Å²) in [6.07, 6.45) is 6.98. The van der Waals surface area contributed by atoms with Crippen LogP contribution in [0.25, 0.3) is 0 Å². The third-order valence-electron chi connectivity index (χ3n) is 4.72. The fourth-order valence-electron chi connectivity index (χ4n) is 3.59. The van der Waals surface area contributed by atoms with Crippen molar-refractivity contribution < 1.29 is 0 Å². The molecule has 3 nitrogen and oxygen atoms in total. The van der Waals surface area contributed by atoms with E-state index in [0.717, 1.165) is 19.0 Å². The van der Waals surface area contributed by atoms with Crippen molar-refractivity contribution in [1.29, 1.82) is 0 Å². The van der Waals surface area contributed by atoms with E-state index in [4.69, 9.17) is 0 Å². The number of nitrogens with one attached hydrogen (secondary N) is 1. The molecule has 0 aromatic carbocycles. The topological polar surface area (TPSA) is 18.5 Å². The number of hydrogen-bond donors (Lipinski definition) is 1. The summed E-state index contributed by atoms with van der Waals surface area (Å²) in [5.74, 6) is 0.905. The monoisotopic (exact) mass is 283 g/mol. The molecule has 0 radical (unpaired) electrons. The summed E-state index contributed by atoms with van der Waals surface area (Å²) in [6.45, 7) is 11.6. The Hall–Kier alpha value is -0.120. The molecule has 0 aromatic rings. The zero-order valence-electron chi connectivity index (χ0n) is 14.5. The lowest BCUT2D eigenvalue weighted by molar-refractivity contribution is 0.148. The van der Waals surface area contributed by atoms with E-state index in [-0.39, 0.29) is 0 Å². The quantitative estimate of drug-likeness (QED) is 0.665. The van der Waals surface area contributed by atoms with Crippen LogP contribution in [0, 0.1) is 5.92 Å². The van der Waals surface area contributed by atoms with Gasteiger partial charge in [0.05, 0.1) is 0 Å². The van der Waals surface area contributed by atoms with Crippen molar-refractivity contribution in [1.82, 2.24) is 15.1 Å². The lowest BCUT2D eigenvalue weighted by Crippen LogP contribution is -2.50. The second-order valence-corrected chi connectivity index (χ2v) is 6.80. The highest BCUT2D eigenvalue weighted by Gasteiger charge is 2.27. The van der Waals surface area contributed by atoms with E-state index in [0.29, 0.717) is 12.1 Å². The average molecular weight is 284 g/mol. The molecule has 1 saturated carbocycles. The van der Waals surface area contributed by atoms with Crippen LogP contribution >= 0.6 is 0 Å². The minimum absolute atomic E-state index is 0.641. The zero-order chi connectivity index (χ0) is 15.0. The van der Waals surface area contributed by atoms with Crippen LogP contribution in [0.15, 0.2) is 0 Å². The highest BCUT2D eigenvalue weighted by Crippen LogP contribution is 2.28. The highest BCUT2D eigenvalue weighted by atomic mass is 15.2. The standard InChI is InChI=1S/C17H37N3/c1-6-12-18-17(16-10-8-9-11-16)14-20(7-2)15(3)13-19(4)5/h15-18H,6-14H2,1-5H3. The maximum absolute atomic E-state index is 3.83. The molecule has 1 aliphatic carbocycles. The smallest absolute Gasteiger partial charge is 0.0223 e. The van der Waals surface area contributed by atoms with Crippen molar-refractivity contribution in [2.75, 3.05) is 40.3 Å². The lowest BCUT2D eigenvalue weighted by Gasteiger charge is -2.35. The molecule has 2 atom stereocenters. The van der Waals surface area contributed by atoms with Gasteiger partial charge in [-0.05, 0) is 59.3 Å². The molecule has 1 fully saturated rings. The Balaban J connectivity index is 2.55. The summed E-state index contributed by atoms with van der Waals surface area (Å²) in [5, 5.41) is 3.83. The predicted octanol–water partition coefficient (Wildman–Crippen LogP) is 2.82. The number of hydrogen-bond acceptors (Lipinski definition) is 3. The van der Waals surface area contributed by atoms with E-state index >= 15 is 0 Å². The maximum Gasteiger partial charge on any atom is 0.0223 e. The van der Waals surface area contributed by atoms with Gasteiger partial charge in [0, 0.05) is 25.2 Å². The summed E-state index contributed by atoms with van der Waals surface area (Å²) >= 11 is 0. The molecule has 1 aliphatic rings. The first-order valence-corrected chi connectivity index (χ1v) is 8.70. The summed E-state index contributed by atoms with van der Waals surface area (Å²) in [6, 6.07) is 1.34. The Labute approximate surface area is 127 Å². The van der Waals surface area contributed by atoms with E-state index in [9.17, 15) is 0 Å². The molecule has 0 bridgehead atoms. The summed E-state index contributed by atoms with van der Waals surface area (Å²) in [7, 11) is 4.35. The Bertz CT molecular complexity index is 236. The molecule has 2 unspecified atom stereocenters. The molecule has 0 amide bonds. The molecule has 120 valence electrons. The Morgan fingerprint density at radius 2 is 1.75 bits per heavy atom. The summed E-state index contributed by atoms with van der Waals surface area (Å²) < 4.78 is 0. The van der Waals surface area contributed by atoms with E-state index in [1.54, 1.807) is 0 Å². The van der Waals surface area contributed by atoms with Crippen molar-refractivity contribution in [3.8, 4) is 0 Å². The zero-order valence-corrected chi connectivity index (χ0v) is 14.5. The Kier molecular flexibility index (Phi) is 8.74. The summed E-state index contributed by atoms with van der Waals surface area (Å²) in [5.41, 5.74) is 0. The van der Waals surface area contributed by atoms with Gasteiger partial charge in [-0.15, -0.1) is 0 Å². The third-order valence-corrected chi connectivity index (χ3v) is 4.72. The van der Waals surface area contributed by atoms with Crippen molar-refractivity contribution in [2.45, 2.75) is 65.0 Å². The van der Waals surface area contributed by atoms with Crippen LogP contribution in [0.1, 0.15) is 52.9 Å². The number of likely N-dealkylation sites (N-methyl/N-ethyl adjacent to an activating group) is 2. The molecular weight excluding hydrogens is 246 g/mol. The fraction of sp³-hybridized carbons (Fsp3) is 1.00. The van der Waals surface area contributed by atoms with Crippen molar-refractivity contribution in [3.63, 3.8) is 0 Å². The third kappa shape index (κ3) is 6.11. The molecule has 0 saturated heterocycles. The molecule has 20 heavy (non-hydrogen) atoms. The van der Waals surface area contributed by atoms with E-state index < -0.39 is 0 Å². The van der Waals surface area contributed by atoms with Gasteiger partial charge in [-0.1, -0.05) is 26.7 Å². The van der Waals surface area contributed by atoms with Crippen LogP contribution in [0.2, 0.25) is 0 Å². The van der Waals surface area contributed by atoms with Gasteiger partial charge in [0.15, 0.2) is 0 Å². The Morgan fingerprint density at radius 3 is 2.25 bits per heavy atom. The van der Waals surface area contributed by atoms with Gasteiger partial charge < -0.3 is 10.2 Å². The number of nitrogens with zero attached hydrogens (tertiary/aromatic N) is 2. The van der Waals surface area contributed by atoms with Gasteiger partial charge in [0.1, 0.15) is 0 Å². The molecule has 1 rings (SSSR count). The normalized spacial score (nSPS) is 19.9. The van der Waals surface area contributed by atoms with Gasteiger partial charge in [-0.2, -0.15) is 0 Å². The molecule has 0 spiro atoms. The fourth-order valence-corrected chi connectivity index (χ4v) is 3.59. The number of rotatable bonds is 10. The van der Waals surface area contributed by atoms with E-state index in [1.165, 1.54) is 45.2 Å². The van der Waals surface area contributed by atoms with Crippen molar-refractivity contribution in [2.24, 2.45) is 5.92 Å². The van der Waals surface area contributed by atoms with Gasteiger partial charge in [0.2, 0.25) is 0 Å². The molecule has 0 aromatic heterocycles. The van der Waals surface area contributed by atoms with Crippen molar-refractivity contribution >= 4 is 0 Å². The van der Waals surface area contributed by atoms with Gasteiger partial charge in [-0.25, -0.2) is 0 Å². The van der Waals surface area contributed by atoms with Crippen LogP contribution in [-0.2, 0) is 0 Å². The van der Waals surface area contributed by atoms with Gasteiger partial charge >= 0.3 is 0 Å². The molecule has 0 heterocycles. The largest absolute Gasteiger partial charge is 0.312 e. The summed E-state index contributed by atoms with van der Waals surface area (Å²) in [4.78, 5) is 4.96.